The summed E-state index contributed by atoms with van der Waals surface area (Å²) in [5, 5.41) is 2.73. The molecule has 3 aromatic rings. The van der Waals surface area contributed by atoms with Crippen LogP contribution in [0.25, 0.3) is 0 Å². The van der Waals surface area contributed by atoms with Crippen molar-refractivity contribution in [3.05, 3.63) is 78.0 Å². The minimum Gasteiger partial charge on any atom is -0.481 e. The van der Waals surface area contributed by atoms with Gasteiger partial charge in [-0.15, -0.1) is 0 Å². The van der Waals surface area contributed by atoms with Crippen LogP contribution in [-0.4, -0.2) is 25.4 Å². The third kappa shape index (κ3) is 5.15. The maximum Gasteiger partial charge on any atom is 0.265 e. The number of amides is 1. The van der Waals surface area contributed by atoms with Crippen LogP contribution in [0.4, 0.5) is 11.5 Å². The van der Waals surface area contributed by atoms with Crippen LogP contribution in [0.15, 0.2) is 71.8 Å². The van der Waals surface area contributed by atoms with Crippen molar-refractivity contribution >= 4 is 27.4 Å². The van der Waals surface area contributed by atoms with Crippen molar-refractivity contribution in [2.24, 2.45) is 0 Å². The average Bonchev–Trinajstić information content (AvgIpc) is 2.72. The summed E-state index contributed by atoms with van der Waals surface area (Å²) in [6.07, 6.45) is 0.776. The quantitative estimate of drug-likeness (QED) is 0.598. The molecule has 0 radical (unpaired) electrons. The zero-order chi connectivity index (χ0) is 21.7. The SMILES string of the molecule is Cc1cccc(O[C@@H](C)C(=O)Nc2ccc(S(=O)(=O)Nc3ccccn3)cc2)c1C. The van der Waals surface area contributed by atoms with Crippen LogP contribution in [0.3, 0.4) is 0 Å². The molecular formula is C22H23N3O4S. The van der Waals surface area contributed by atoms with Gasteiger partial charge in [0.25, 0.3) is 15.9 Å². The molecule has 0 spiro atoms. The molecule has 0 aliphatic rings. The Hall–Kier alpha value is -3.39. The Morgan fingerprint density at radius 1 is 1.00 bits per heavy atom. The molecule has 1 aromatic heterocycles. The predicted octanol–water partition coefficient (Wildman–Crippen LogP) is 3.91. The molecule has 0 saturated carbocycles. The van der Waals surface area contributed by atoms with E-state index < -0.39 is 16.1 Å². The van der Waals surface area contributed by atoms with Crippen molar-refractivity contribution in [3.8, 4) is 5.75 Å². The fourth-order valence-electron chi connectivity index (χ4n) is 2.68. The van der Waals surface area contributed by atoms with Gasteiger partial charge in [0.05, 0.1) is 4.90 Å². The Balaban J connectivity index is 1.64. The summed E-state index contributed by atoms with van der Waals surface area (Å²) in [4.78, 5) is 16.5. The average molecular weight is 426 g/mol. The molecule has 0 aliphatic carbocycles. The van der Waals surface area contributed by atoms with Gasteiger partial charge in [-0.1, -0.05) is 18.2 Å². The molecule has 1 atom stereocenters. The number of carbonyl (C=O) groups excluding carboxylic acids is 1. The van der Waals surface area contributed by atoms with Crippen LogP contribution in [0.1, 0.15) is 18.1 Å². The van der Waals surface area contributed by atoms with Crippen LogP contribution in [0.5, 0.6) is 5.75 Å². The fourth-order valence-corrected chi connectivity index (χ4v) is 3.69. The van der Waals surface area contributed by atoms with Gasteiger partial charge < -0.3 is 10.1 Å². The van der Waals surface area contributed by atoms with E-state index >= 15 is 0 Å². The molecule has 30 heavy (non-hydrogen) atoms. The number of ether oxygens (including phenoxy) is 1. The Labute approximate surface area is 176 Å². The third-order valence-electron chi connectivity index (χ3n) is 4.56. The summed E-state index contributed by atoms with van der Waals surface area (Å²) in [5.41, 5.74) is 2.52. The lowest BCUT2D eigenvalue weighted by Crippen LogP contribution is -2.30. The number of rotatable bonds is 7. The highest BCUT2D eigenvalue weighted by Gasteiger charge is 2.18. The number of anilines is 2. The van der Waals surface area contributed by atoms with Crippen molar-refractivity contribution in [1.29, 1.82) is 0 Å². The minimum absolute atomic E-state index is 0.0610. The van der Waals surface area contributed by atoms with E-state index in [-0.39, 0.29) is 16.6 Å². The number of sulfonamides is 1. The van der Waals surface area contributed by atoms with Gasteiger partial charge in [-0.3, -0.25) is 9.52 Å². The van der Waals surface area contributed by atoms with Crippen LogP contribution >= 0.6 is 0 Å². The Kier molecular flexibility index (Phi) is 6.37. The van der Waals surface area contributed by atoms with Gasteiger partial charge >= 0.3 is 0 Å². The molecule has 0 saturated heterocycles. The lowest BCUT2D eigenvalue weighted by molar-refractivity contribution is -0.122. The summed E-state index contributed by atoms with van der Waals surface area (Å²) < 4.78 is 33.1. The van der Waals surface area contributed by atoms with Crippen molar-refractivity contribution < 1.29 is 17.9 Å². The molecule has 7 nitrogen and oxygen atoms in total. The number of nitrogens with zero attached hydrogens (tertiary/aromatic N) is 1. The van der Waals surface area contributed by atoms with E-state index in [9.17, 15) is 13.2 Å². The van der Waals surface area contributed by atoms with E-state index in [0.29, 0.717) is 11.4 Å². The first-order valence-corrected chi connectivity index (χ1v) is 10.8. The highest BCUT2D eigenvalue weighted by molar-refractivity contribution is 7.92. The van der Waals surface area contributed by atoms with Crippen molar-refractivity contribution in [3.63, 3.8) is 0 Å². The van der Waals surface area contributed by atoms with E-state index in [1.165, 1.54) is 30.5 Å². The second-order valence-corrected chi connectivity index (χ2v) is 8.47. The van der Waals surface area contributed by atoms with Gasteiger partial charge in [-0.25, -0.2) is 13.4 Å². The van der Waals surface area contributed by atoms with Crippen molar-refractivity contribution in [2.75, 3.05) is 10.0 Å². The number of carbonyl (C=O) groups is 1. The molecular weight excluding hydrogens is 402 g/mol. The van der Waals surface area contributed by atoms with Gasteiger partial charge in [-0.05, 0) is 74.4 Å². The third-order valence-corrected chi connectivity index (χ3v) is 5.93. The summed E-state index contributed by atoms with van der Waals surface area (Å²) >= 11 is 0. The number of benzene rings is 2. The van der Waals surface area contributed by atoms with E-state index in [1.54, 1.807) is 25.1 Å². The molecule has 0 fully saturated rings. The Morgan fingerprint density at radius 2 is 1.73 bits per heavy atom. The zero-order valence-corrected chi connectivity index (χ0v) is 17.7. The molecule has 1 heterocycles. The number of pyridine rings is 1. The first-order valence-electron chi connectivity index (χ1n) is 9.34. The summed E-state index contributed by atoms with van der Waals surface area (Å²) in [5.74, 6) is 0.546. The number of nitrogens with one attached hydrogen (secondary N) is 2. The molecule has 0 aliphatic heterocycles. The standard InChI is InChI=1S/C22H23N3O4S/c1-15-7-6-8-20(16(15)2)29-17(3)22(26)24-18-10-12-19(13-11-18)30(27,28)25-21-9-4-5-14-23-21/h4-14,17H,1-3H3,(H,23,25)(H,24,26)/t17-/m0/s1. The van der Waals surface area contributed by atoms with Gasteiger partial charge in [-0.2, -0.15) is 0 Å². The molecule has 8 heteroatoms. The van der Waals surface area contributed by atoms with Gasteiger partial charge in [0.2, 0.25) is 0 Å². The first kappa shape index (κ1) is 21.3. The van der Waals surface area contributed by atoms with E-state index in [4.69, 9.17) is 4.74 Å². The van der Waals surface area contributed by atoms with Gasteiger partial charge in [0, 0.05) is 11.9 Å². The monoisotopic (exact) mass is 425 g/mol. The van der Waals surface area contributed by atoms with Crippen LogP contribution < -0.4 is 14.8 Å². The van der Waals surface area contributed by atoms with Gasteiger partial charge in [0.15, 0.2) is 6.10 Å². The number of hydrogen-bond acceptors (Lipinski definition) is 5. The number of aryl methyl sites for hydroxylation is 1. The molecule has 156 valence electrons. The minimum atomic E-state index is -3.77. The molecule has 2 N–H and O–H groups in total. The Bertz CT molecular complexity index is 1130. The van der Waals surface area contributed by atoms with Crippen molar-refractivity contribution in [1.82, 2.24) is 4.98 Å². The number of aromatic nitrogens is 1. The van der Waals surface area contributed by atoms with Crippen LogP contribution in [-0.2, 0) is 14.8 Å². The maximum atomic E-state index is 12.5. The summed E-state index contributed by atoms with van der Waals surface area (Å²) in [6, 6.07) is 16.5. The molecule has 2 aromatic carbocycles. The van der Waals surface area contributed by atoms with E-state index in [0.717, 1.165) is 11.1 Å². The highest BCUT2D eigenvalue weighted by atomic mass is 32.2. The predicted molar refractivity (Wildman–Crippen MR) is 116 cm³/mol. The Morgan fingerprint density at radius 3 is 2.40 bits per heavy atom. The smallest absolute Gasteiger partial charge is 0.265 e. The first-order chi connectivity index (χ1) is 14.3. The molecule has 3 rings (SSSR count). The van der Waals surface area contributed by atoms with Gasteiger partial charge in [0.1, 0.15) is 11.6 Å². The second kappa shape index (κ2) is 8.96. The zero-order valence-electron chi connectivity index (χ0n) is 16.9. The normalized spacial score (nSPS) is 12.1. The lowest BCUT2D eigenvalue weighted by Gasteiger charge is -2.17. The van der Waals surface area contributed by atoms with E-state index in [2.05, 4.69) is 15.0 Å². The lowest BCUT2D eigenvalue weighted by atomic mass is 10.1. The fraction of sp³-hybridized carbons (Fsp3) is 0.182. The van der Waals surface area contributed by atoms with Crippen LogP contribution in [0, 0.1) is 13.8 Å². The van der Waals surface area contributed by atoms with Crippen molar-refractivity contribution in [2.45, 2.75) is 31.8 Å². The highest BCUT2D eigenvalue weighted by Crippen LogP contribution is 2.22. The number of hydrogen-bond donors (Lipinski definition) is 2. The second-order valence-electron chi connectivity index (χ2n) is 6.79. The molecule has 0 unspecified atom stereocenters. The van der Waals surface area contributed by atoms with Crippen LogP contribution in [0.2, 0.25) is 0 Å². The summed E-state index contributed by atoms with van der Waals surface area (Å²) in [6.45, 7) is 5.57. The molecule has 1 amide bonds. The summed E-state index contributed by atoms with van der Waals surface area (Å²) in [7, 11) is -3.77. The van der Waals surface area contributed by atoms with E-state index in [1.807, 2.05) is 32.0 Å². The maximum absolute atomic E-state index is 12.5. The largest absolute Gasteiger partial charge is 0.481 e. The molecule has 0 bridgehead atoms. The topological polar surface area (TPSA) is 97.4 Å².